The summed E-state index contributed by atoms with van der Waals surface area (Å²) in [6, 6.07) is 4.03. The summed E-state index contributed by atoms with van der Waals surface area (Å²) in [6.45, 7) is 8.97. The van der Waals surface area contributed by atoms with E-state index < -0.39 is 16.1 Å². The lowest BCUT2D eigenvalue weighted by molar-refractivity contribution is -0.132. The molecule has 1 unspecified atom stereocenters. The van der Waals surface area contributed by atoms with Crippen molar-refractivity contribution < 1.29 is 18.0 Å². The van der Waals surface area contributed by atoms with Crippen LogP contribution in [0.1, 0.15) is 58.9 Å². The largest absolute Gasteiger partial charge is 0.344 e. The Hall–Kier alpha value is -1.93. The van der Waals surface area contributed by atoms with E-state index in [1.807, 2.05) is 20.8 Å². The van der Waals surface area contributed by atoms with Gasteiger partial charge in [0.25, 0.3) is 0 Å². The highest BCUT2D eigenvalue weighted by molar-refractivity contribution is 7.89. The molecule has 1 aromatic carbocycles. The van der Waals surface area contributed by atoms with E-state index in [9.17, 15) is 18.0 Å². The van der Waals surface area contributed by atoms with Crippen LogP contribution in [-0.4, -0.2) is 51.3 Å². The number of likely N-dealkylation sites (N-methyl/N-ethyl adjacent to an activating group) is 1. The normalized spacial score (nSPS) is 14.7. The number of amides is 2. The van der Waals surface area contributed by atoms with Gasteiger partial charge in [-0.2, -0.15) is 4.72 Å². The van der Waals surface area contributed by atoms with E-state index >= 15 is 0 Å². The van der Waals surface area contributed by atoms with Crippen LogP contribution in [-0.2, 0) is 26.0 Å². The minimum atomic E-state index is -3.87. The number of hydrogen-bond donors (Lipinski definition) is 1. The van der Waals surface area contributed by atoms with Crippen molar-refractivity contribution in [1.29, 1.82) is 0 Å². The molecule has 0 bridgehead atoms. The fourth-order valence-corrected chi connectivity index (χ4v) is 4.95. The maximum Gasteiger partial charge on any atom is 0.241 e. The van der Waals surface area contributed by atoms with Gasteiger partial charge in [-0.1, -0.05) is 34.1 Å². The zero-order valence-corrected chi connectivity index (χ0v) is 19.6. The SMILES string of the molecule is CCCCN(C)C(=O)C(CC(C)C)NS(=O)(=O)c1ccc2c(c1)CCN2C(=O)CC. The molecule has 7 nitrogen and oxygen atoms in total. The van der Waals surface area contributed by atoms with E-state index in [1.165, 1.54) is 6.07 Å². The average Bonchev–Trinajstić information content (AvgIpc) is 3.13. The first kappa shape index (κ1) is 24.3. The lowest BCUT2D eigenvalue weighted by atomic mass is 10.0. The van der Waals surface area contributed by atoms with Crippen LogP contribution in [0.2, 0.25) is 0 Å². The Labute approximate surface area is 180 Å². The van der Waals surface area contributed by atoms with Gasteiger partial charge in [0.15, 0.2) is 0 Å². The van der Waals surface area contributed by atoms with Gasteiger partial charge in [-0.25, -0.2) is 8.42 Å². The first-order valence-corrected chi connectivity index (χ1v) is 12.3. The van der Waals surface area contributed by atoms with Crippen molar-refractivity contribution in [2.75, 3.05) is 25.0 Å². The highest BCUT2D eigenvalue weighted by Gasteiger charge is 2.30. The highest BCUT2D eigenvalue weighted by atomic mass is 32.2. The molecule has 30 heavy (non-hydrogen) atoms. The molecule has 0 saturated heterocycles. The van der Waals surface area contributed by atoms with Crippen molar-refractivity contribution in [3.8, 4) is 0 Å². The Morgan fingerprint density at radius 1 is 1.23 bits per heavy atom. The first-order valence-electron chi connectivity index (χ1n) is 10.8. The Morgan fingerprint density at radius 3 is 2.53 bits per heavy atom. The summed E-state index contributed by atoms with van der Waals surface area (Å²) in [5.41, 5.74) is 1.61. The zero-order valence-electron chi connectivity index (χ0n) is 18.8. The number of sulfonamides is 1. The summed E-state index contributed by atoms with van der Waals surface area (Å²) < 4.78 is 28.8. The molecule has 0 radical (unpaired) electrons. The number of carbonyl (C=O) groups excluding carboxylic acids is 2. The smallest absolute Gasteiger partial charge is 0.241 e. The van der Waals surface area contributed by atoms with Crippen LogP contribution in [0.15, 0.2) is 23.1 Å². The quantitative estimate of drug-likeness (QED) is 0.610. The van der Waals surface area contributed by atoms with Gasteiger partial charge in [0.05, 0.1) is 4.90 Å². The van der Waals surface area contributed by atoms with Gasteiger partial charge in [-0.3, -0.25) is 9.59 Å². The minimum absolute atomic E-state index is 0.0280. The fraction of sp³-hybridized carbons (Fsp3) is 0.636. The number of anilines is 1. The maximum absolute atomic E-state index is 13.1. The lowest BCUT2D eigenvalue weighted by Gasteiger charge is -2.25. The van der Waals surface area contributed by atoms with Crippen LogP contribution in [0, 0.1) is 5.92 Å². The van der Waals surface area contributed by atoms with Crippen molar-refractivity contribution >= 4 is 27.5 Å². The van der Waals surface area contributed by atoms with Gasteiger partial charge < -0.3 is 9.80 Å². The van der Waals surface area contributed by atoms with Crippen LogP contribution in [0.4, 0.5) is 5.69 Å². The molecule has 1 N–H and O–H groups in total. The molecule has 2 amide bonds. The second kappa shape index (κ2) is 10.4. The predicted molar refractivity (Wildman–Crippen MR) is 119 cm³/mol. The molecule has 0 aliphatic carbocycles. The molecule has 0 spiro atoms. The van der Waals surface area contributed by atoms with Gasteiger partial charge in [-0.05, 0) is 48.9 Å². The monoisotopic (exact) mass is 437 g/mol. The molecule has 1 heterocycles. The van der Waals surface area contributed by atoms with E-state index in [2.05, 4.69) is 11.6 Å². The number of fused-ring (bicyclic) bond motifs is 1. The predicted octanol–water partition coefficient (Wildman–Crippen LogP) is 2.94. The van der Waals surface area contributed by atoms with Gasteiger partial charge in [0, 0.05) is 32.2 Å². The van der Waals surface area contributed by atoms with E-state index in [1.54, 1.807) is 29.0 Å². The molecule has 168 valence electrons. The van der Waals surface area contributed by atoms with Crippen LogP contribution < -0.4 is 9.62 Å². The van der Waals surface area contributed by atoms with Gasteiger partial charge in [0.2, 0.25) is 21.8 Å². The maximum atomic E-state index is 13.1. The molecule has 8 heteroatoms. The topological polar surface area (TPSA) is 86.8 Å². The fourth-order valence-electron chi connectivity index (χ4n) is 3.69. The van der Waals surface area contributed by atoms with Crippen LogP contribution >= 0.6 is 0 Å². The highest BCUT2D eigenvalue weighted by Crippen LogP contribution is 2.30. The molecule has 0 fully saturated rings. The number of unbranched alkanes of at least 4 members (excludes halogenated alkanes) is 1. The van der Waals surface area contributed by atoms with E-state index in [-0.39, 0.29) is 22.6 Å². The molecule has 1 aliphatic rings. The number of rotatable bonds is 10. The van der Waals surface area contributed by atoms with Crippen LogP contribution in [0.3, 0.4) is 0 Å². The van der Waals surface area contributed by atoms with Crippen LogP contribution in [0.5, 0.6) is 0 Å². The summed E-state index contributed by atoms with van der Waals surface area (Å²) in [7, 11) is -2.15. The molecule has 1 aliphatic heterocycles. The summed E-state index contributed by atoms with van der Waals surface area (Å²) in [6.07, 6.45) is 3.30. The van der Waals surface area contributed by atoms with Crippen molar-refractivity contribution in [3.63, 3.8) is 0 Å². The summed E-state index contributed by atoms with van der Waals surface area (Å²) in [5.74, 6) is -0.0170. The van der Waals surface area contributed by atoms with Crippen LogP contribution in [0.25, 0.3) is 0 Å². The van der Waals surface area contributed by atoms with Gasteiger partial charge in [0.1, 0.15) is 6.04 Å². The molecular weight excluding hydrogens is 402 g/mol. The molecule has 1 atom stereocenters. The number of nitrogens with one attached hydrogen (secondary N) is 1. The average molecular weight is 438 g/mol. The van der Waals surface area contributed by atoms with Crippen molar-refractivity contribution in [3.05, 3.63) is 23.8 Å². The third-order valence-corrected chi connectivity index (χ3v) is 6.86. The zero-order chi connectivity index (χ0) is 22.5. The number of benzene rings is 1. The van der Waals surface area contributed by atoms with E-state index in [0.717, 1.165) is 24.1 Å². The second-order valence-electron chi connectivity index (χ2n) is 8.36. The molecular formula is C22H35N3O4S. The number of carbonyl (C=O) groups is 2. The third kappa shape index (κ3) is 5.82. The van der Waals surface area contributed by atoms with Crippen molar-refractivity contribution in [2.45, 2.75) is 70.7 Å². The molecule has 2 rings (SSSR count). The Morgan fingerprint density at radius 2 is 1.93 bits per heavy atom. The van der Waals surface area contributed by atoms with Gasteiger partial charge >= 0.3 is 0 Å². The Bertz CT molecular complexity index is 867. The van der Waals surface area contributed by atoms with Crippen molar-refractivity contribution in [1.82, 2.24) is 9.62 Å². The summed E-state index contributed by atoms with van der Waals surface area (Å²) in [5, 5.41) is 0. The molecule has 0 saturated carbocycles. The van der Waals surface area contributed by atoms with E-state index in [4.69, 9.17) is 0 Å². The summed E-state index contributed by atoms with van der Waals surface area (Å²) >= 11 is 0. The minimum Gasteiger partial charge on any atom is -0.344 e. The molecule has 1 aromatic rings. The first-order chi connectivity index (χ1) is 14.1. The lowest BCUT2D eigenvalue weighted by Crippen LogP contribution is -2.48. The van der Waals surface area contributed by atoms with E-state index in [0.29, 0.717) is 32.4 Å². The Kier molecular flexibility index (Phi) is 8.43. The molecule has 0 aromatic heterocycles. The van der Waals surface area contributed by atoms with Gasteiger partial charge in [-0.15, -0.1) is 0 Å². The second-order valence-corrected chi connectivity index (χ2v) is 10.1. The number of nitrogens with zero attached hydrogens (tertiary/aromatic N) is 2. The Balaban J connectivity index is 2.24. The standard InChI is InChI=1S/C22H35N3O4S/c1-6-8-12-24(5)22(27)19(14-16(3)4)23-30(28,29)18-9-10-20-17(15-18)11-13-25(20)21(26)7-2/h9-10,15-16,19,23H,6-8,11-14H2,1-5H3. The third-order valence-electron chi connectivity index (χ3n) is 5.39. The summed E-state index contributed by atoms with van der Waals surface area (Å²) in [4.78, 5) is 28.4. The number of hydrogen-bond acceptors (Lipinski definition) is 4. The van der Waals surface area contributed by atoms with Crippen molar-refractivity contribution in [2.24, 2.45) is 5.92 Å².